The number of benzene rings is 1. The molecule has 2 atom stereocenters. The summed E-state index contributed by atoms with van der Waals surface area (Å²) in [5, 5.41) is 20.9. The molecule has 2 aromatic rings. The molecule has 26 heavy (non-hydrogen) atoms. The highest BCUT2D eigenvalue weighted by molar-refractivity contribution is 8.01. The van der Waals surface area contributed by atoms with Gasteiger partial charge in [-0.25, -0.2) is 4.98 Å². The summed E-state index contributed by atoms with van der Waals surface area (Å²) in [6, 6.07) is 5.28. The van der Waals surface area contributed by atoms with Gasteiger partial charge in [0.05, 0.1) is 27.8 Å². The number of amides is 1. The van der Waals surface area contributed by atoms with Gasteiger partial charge in [-0.2, -0.15) is 0 Å². The Balaban J connectivity index is 1.72. The first-order valence-electron chi connectivity index (χ1n) is 8.23. The van der Waals surface area contributed by atoms with Crippen molar-refractivity contribution >= 4 is 56.8 Å². The zero-order valence-corrected chi connectivity index (χ0v) is 15.4. The number of rotatable bonds is 6. The number of carboxylic acid groups (broad SMARTS) is 2. The van der Waals surface area contributed by atoms with Crippen LogP contribution in [0.25, 0.3) is 10.2 Å². The van der Waals surface area contributed by atoms with Crippen molar-refractivity contribution in [2.45, 2.75) is 30.0 Å². The molecule has 0 saturated heterocycles. The molecule has 0 spiro atoms. The maximum atomic E-state index is 12.5. The Morgan fingerprint density at radius 3 is 2.62 bits per heavy atom. The van der Waals surface area contributed by atoms with Crippen molar-refractivity contribution in [3.63, 3.8) is 0 Å². The number of aliphatic carboxylic acids is 2. The van der Waals surface area contributed by atoms with Crippen LogP contribution in [0.1, 0.15) is 25.7 Å². The standard InChI is InChI=1S/C17H18N2O5S2/c20-14(21)8-25-17-19-12-6-5-9(7-13(12)26-17)18-15(22)10-3-1-2-4-11(10)16(23)24/h5-7,10-11H,1-4,8H2,(H,18,22)(H,20,21)(H,23,24)/t10-,11-/m0/s1. The van der Waals surface area contributed by atoms with Crippen molar-refractivity contribution in [3.05, 3.63) is 18.2 Å². The average molecular weight is 394 g/mol. The average Bonchev–Trinajstić information content (AvgIpc) is 3.02. The van der Waals surface area contributed by atoms with Crippen LogP contribution < -0.4 is 5.32 Å². The van der Waals surface area contributed by atoms with Crippen molar-refractivity contribution < 1.29 is 24.6 Å². The Hall–Kier alpha value is -2.13. The van der Waals surface area contributed by atoms with Crippen LogP contribution in [0.15, 0.2) is 22.5 Å². The Kier molecular flexibility index (Phi) is 5.77. The van der Waals surface area contributed by atoms with Crippen molar-refractivity contribution in [2.24, 2.45) is 11.8 Å². The normalized spacial score (nSPS) is 20.0. The van der Waals surface area contributed by atoms with Crippen molar-refractivity contribution in [1.82, 2.24) is 4.98 Å². The van der Waals surface area contributed by atoms with Gasteiger partial charge in [0.2, 0.25) is 5.91 Å². The third kappa shape index (κ3) is 4.34. The molecular formula is C17H18N2O5S2. The molecule has 7 nitrogen and oxygen atoms in total. The first-order valence-corrected chi connectivity index (χ1v) is 10.0. The molecule has 1 aromatic heterocycles. The number of thiazole rings is 1. The minimum absolute atomic E-state index is 0.0539. The monoisotopic (exact) mass is 394 g/mol. The van der Waals surface area contributed by atoms with E-state index < -0.39 is 23.8 Å². The predicted molar refractivity (Wildman–Crippen MR) is 99.7 cm³/mol. The van der Waals surface area contributed by atoms with Gasteiger partial charge in [-0.05, 0) is 31.0 Å². The third-order valence-electron chi connectivity index (χ3n) is 4.38. The highest BCUT2D eigenvalue weighted by atomic mass is 32.2. The van der Waals surface area contributed by atoms with Crippen LogP contribution in [0.5, 0.6) is 0 Å². The lowest BCUT2D eigenvalue weighted by Crippen LogP contribution is -2.36. The largest absolute Gasteiger partial charge is 0.481 e. The molecule has 1 aliphatic rings. The number of hydrogen-bond acceptors (Lipinski definition) is 6. The fourth-order valence-electron chi connectivity index (χ4n) is 3.14. The van der Waals surface area contributed by atoms with Gasteiger partial charge < -0.3 is 15.5 Å². The number of fused-ring (bicyclic) bond motifs is 1. The van der Waals surface area contributed by atoms with Gasteiger partial charge in [0.1, 0.15) is 0 Å². The van der Waals surface area contributed by atoms with Crippen LogP contribution in [-0.4, -0.2) is 38.8 Å². The van der Waals surface area contributed by atoms with E-state index in [1.807, 2.05) is 0 Å². The van der Waals surface area contributed by atoms with Gasteiger partial charge in [0.25, 0.3) is 0 Å². The molecule has 0 unspecified atom stereocenters. The second-order valence-electron chi connectivity index (χ2n) is 6.17. The van der Waals surface area contributed by atoms with E-state index in [9.17, 15) is 19.5 Å². The number of hydrogen-bond donors (Lipinski definition) is 3. The Morgan fingerprint density at radius 1 is 1.19 bits per heavy atom. The van der Waals surface area contributed by atoms with Gasteiger partial charge in [-0.1, -0.05) is 24.6 Å². The molecule has 0 aliphatic heterocycles. The molecule has 0 radical (unpaired) electrons. The summed E-state index contributed by atoms with van der Waals surface area (Å²) in [4.78, 5) is 38.9. The number of thioether (sulfide) groups is 1. The number of nitrogens with one attached hydrogen (secondary N) is 1. The highest BCUT2D eigenvalue weighted by Crippen LogP contribution is 2.33. The molecule has 0 bridgehead atoms. The smallest absolute Gasteiger partial charge is 0.313 e. The zero-order valence-electron chi connectivity index (χ0n) is 13.8. The van der Waals surface area contributed by atoms with Gasteiger partial charge in [0.15, 0.2) is 4.34 Å². The summed E-state index contributed by atoms with van der Waals surface area (Å²) in [6.45, 7) is 0. The number of anilines is 1. The summed E-state index contributed by atoms with van der Waals surface area (Å²) >= 11 is 2.52. The van der Waals surface area contributed by atoms with Gasteiger partial charge in [-0.3, -0.25) is 14.4 Å². The lowest BCUT2D eigenvalue weighted by Gasteiger charge is -2.27. The van der Waals surface area contributed by atoms with Gasteiger partial charge in [-0.15, -0.1) is 11.3 Å². The Morgan fingerprint density at radius 2 is 1.92 bits per heavy atom. The molecule has 1 fully saturated rings. The van der Waals surface area contributed by atoms with Gasteiger partial charge in [0, 0.05) is 5.69 Å². The fraction of sp³-hybridized carbons (Fsp3) is 0.412. The molecule has 9 heteroatoms. The summed E-state index contributed by atoms with van der Waals surface area (Å²) in [5.74, 6) is -3.27. The number of carbonyl (C=O) groups excluding carboxylic acids is 1. The molecule has 1 saturated carbocycles. The van der Waals surface area contributed by atoms with Crippen LogP contribution in [0.4, 0.5) is 5.69 Å². The van der Waals surface area contributed by atoms with E-state index in [1.54, 1.807) is 18.2 Å². The van der Waals surface area contributed by atoms with Crippen molar-refractivity contribution in [1.29, 1.82) is 0 Å². The van der Waals surface area contributed by atoms with Crippen LogP contribution >= 0.6 is 23.1 Å². The van der Waals surface area contributed by atoms with Crippen LogP contribution in [-0.2, 0) is 14.4 Å². The molecule has 1 heterocycles. The highest BCUT2D eigenvalue weighted by Gasteiger charge is 2.35. The number of carboxylic acids is 2. The number of nitrogens with zero attached hydrogens (tertiary/aromatic N) is 1. The van der Waals surface area contributed by atoms with E-state index in [4.69, 9.17) is 5.11 Å². The minimum atomic E-state index is -0.914. The summed E-state index contributed by atoms with van der Waals surface area (Å²) in [7, 11) is 0. The second kappa shape index (κ2) is 8.05. The summed E-state index contributed by atoms with van der Waals surface area (Å²) in [6.07, 6.45) is 2.82. The van der Waals surface area contributed by atoms with Crippen LogP contribution in [0.3, 0.4) is 0 Å². The van der Waals surface area contributed by atoms with E-state index in [2.05, 4.69) is 10.3 Å². The first-order chi connectivity index (χ1) is 12.4. The van der Waals surface area contributed by atoms with Gasteiger partial charge >= 0.3 is 11.9 Å². The zero-order chi connectivity index (χ0) is 18.7. The van der Waals surface area contributed by atoms with E-state index in [0.29, 0.717) is 22.9 Å². The van der Waals surface area contributed by atoms with E-state index in [0.717, 1.165) is 34.8 Å². The molecule has 3 rings (SSSR count). The topological polar surface area (TPSA) is 117 Å². The minimum Gasteiger partial charge on any atom is -0.481 e. The fourth-order valence-corrected chi connectivity index (χ4v) is 4.97. The van der Waals surface area contributed by atoms with Crippen LogP contribution in [0.2, 0.25) is 0 Å². The lowest BCUT2D eigenvalue weighted by atomic mass is 9.78. The quantitative estimate of drug-likeness (QED) is 0.644. The predicted octanol–water partition coefficient (Wildman–Crippen LogP) is 3.30. The van der Waals surface area contributed by atoms with E-state index >= 15 is 0 Å². The first kappa shape index (κ1) is 18.7. The van der Waals surface area contributed by atoms with E-state index in [-0.39, 0.29) is 11.7 Å². The molecule has 138 valence electrons. The second-order valence-corrected chi connectivity index (χ2v) is 8.42. The number of aromatic nitrogens is 1. The number of carbonyl (C=O) groups is 3. The Bertz CT molecular complexity index is 851. The molecule has 1 aromatic carbocycles. The van der Waals surface area contributed by atoms with Crippen LogP contribution in [0, 0.1) is 11.8 Å². The molecule has 3 N–H and O–H groups in total. The Labute approximate surface area is 157 Å². The van der Waals surface area contributed by atoms with Crippen molar-refractivity contribution in [2.75, 3.05) is 11.1 Å². The lowest BCUT2D eigenvalue weighted by molar-refractivity contribution is -0.147. The molecular weight excluding hydrogens is 376 g/mol. The molecule has 1 amide bonds. The summed E-state index contributed by atoms with van der Waals surface area (Å²) in [5.41, 5.74) is 1.33. The maximum absolute atomic E-state index is 12.5. The molecule has 1 aliphatic carbocycles. The summed E-state index contributed by atoms with van der Waals surface area (Å²) < 4.78 is 1.50. The third-order valence-corrected chi connectivity index (χ3v) is 6.52. The maximum Gasteiger partial charge on any atom is 0.313 e. The van der Waals surface area contributed by atoms with E-state index in [1.165, 1.54) is 11.3 Å². The van der Waals surface area contributed by atoms with Crippen molar-refractivity contribution in [3.8, 4) is 0 Å². The SMILES string of the molecule is O=C(O)CSc1nc2ccc(NC(=O)[C@H]3CCCC[C@@H]3C(=O)O)cc2s1.